The Bertz CT molecular complexity index is 608. The molecule has 1 aliphatic rings. The van der Waals surface area contributed by atoms with Gasteiger partial charge in [-0.2, -0.15) is 5.06 Å². The third-order valence-corrected chi connectivity index (χ3v) is 4.71. The molecule has 0 bridgehead atoms. The lowest BCUT2D eigenvalue weighted by Crippen LogP contribution is -2.58. The summed E-state index contributed by atoms with van der Waals surface area (Å²) >= 11 is 5.85. The second-order valence-electron chi connectivity index (χ2n) is 7.49. The maximum absolute atomic E-state index is 11.4. The normalized spacial score (nSPS) is 20.8. The van der Waals surface area contributed by atoms with Gasteiger partial charge in [0.05, 0.1) is 4.92 Å². The summed E-state index contributed by atoms with van der Waals surface area (Å²) in [6, 6.07) is 6.92. The average molecular weight is 353 g/mol. The summed E-state index contributed by atoms with van der Waals surface area (Å²) in [6.45, 7) is 8.39. The van der Waals surface area contributed by atoms with Gasteiger partial charge in [0, 0.05) is 22.2 Å². The van der Waals surface area contributed by atoms with Crippen LogP contribution in [0.15, 0.2) is 30.0 Å². The highest BCUT2D eigenvalue weighted by atomic mass is 35.5. The van der Waals surface area contributed by atoms with Crippen LogP contribution >= 0.6 is 11.6 Å². The third-order valence-electron chi connectivity index (χ3n) is 4.46. The number of piperidine rings is 1. The van der Waals surface area contributed by atoms with E-state index in [0.29, 0.717) is 5.02 Å². The molecule has 0 aromatic heterocycles. The molecular weight excluding hydrogens is 328 g/mol. The van der Waals surface area contributed by atoms with Crippen LogP contribution in [0.3, 0.4) is 0 Å². The predicted octanol–water partition coefficient (Wildman–Crippen LogP) is 4.93. The van der Waals surface area contributed by atoms with Crippen molar-refractivity contribution in [3.8, 4) is 0 Å². The molecule has 24 heavy (non-hydrogen) atoms. The summed E-state index contributed by atoms with van der Waals surface area (Å²) < 4.78 is 0. The first-order valence-electron chi connectivity index (χ1n) is 8.16. The minimum Gasteiger partial charge on any atom is -0.287 e. The molecule has 0 unspecified atom stereocenters. The van der Waals surface area contributed by atoms with Crippen LogP contribution in [0.1, 0.15) is 52.5 Å². The summed E-state index contributed by atoms with van der Waals surface area (Å²) in [5.41, 5.74) is 0.453. The quantitative estimate of drug-likeness (QED) is 0.556. The van der Waals surface area contributed by atoms with E-state index < -0.39 is 4.92 Å². The fraction of sp³-hybridized carbons (Fsp3) is 0.556. The number of nitro groups is 1. The molecule has 0 N–H and O–H groups in total. The van der Waals surface area contributed by atoms with Gasteiger partial charge in [0.1, 0.15) is 0 Å². The van der Waals surface area contributed by atoms with E-state index in [9.17, 15) is 10.1 Å². The summed E-state index contributed by atoms with van der Waals surface area (Å²) in [5, 5.41) is 13.9. The zero-order chi connectivity index (χ0) is 18.0. The molecule has 1 saturated heterocycles. The fourth-order valence-corrected chi connectivity index (χ4v) is 3.48. The molecular formula is C18H25ClN2O3. The van der Waals surface area contributed by atoms with Gasteiger partial charge in [0.25, 0.3) is 5.70 Å². The first-order chi connectivity index (χ1) is 11.1. The Morgan fingerprint density at radius 2 is 1.79 bits per heavy atom. The van der Waals surface area contributed by atoms with E-state index in [1.165, 1.54) is 6.08 Å². The van der Waals surface area contributed by atoms with Crippen LogP contribution in [0.5, 0.6) is 0 Å². The molecule has 1 heterocycles. The lowest BCUT2D eigenvalue weighted by molar-refractivity contribution is -0.436. The van der Waals surface area contributed by atoms with E-state index in [0.717, 1.165) is 24.8 Å². The van der Waals surface area contributed by atoms with Crippen LogP contribution in [0.25, 0.3) is 6.08 Å². The molecule has 2 rings (SSSR count). The summed E-state index contributed by atoms with van der Waals surface area (Å²) in [7, 11) is 0. The van der Waals surface area contributed by atoms with Gasteiger partial charge in [-0.25, -0.2) is 0 Å². The molecule has 0 radical (unpaired) electrons. The van der Waals surface area contributed by atoms with Crippen molar-refractivity contribution in [3.63, 3.8) is 0 Å². The first kappa shape index (κ1) is 18.9. The summed E-state index contributed by atoms with van der Waals surface area (Å²) in [4.78, 5) is 16.9. The minimum absolute atomic E-state index is 0.0227. The van der Waals surface area contributed by atoms with E-state index in [-0.39, 0.29) is 23.4 Å². The van der Waals surface area contributed by atoms with Crippen molar-refractivity contribution in [2.24, 2.45) is 0 Å². The summed E-state index contributed by atoms with van der Waals surface area (Å²) in [5.74, 6) is 0. The van der Waals surface area contributed by atoms with Gasteiger partial charge in [0.2, 0.25) is 0 Å². The van der Waals surface area contributed by atoms with E-state index in [1.54, 1.807) is 24.3 Å². The van der Waals surface area contributed by atoms with Crippen molar-refractivity contribution >= 4 is 17.7 Å². The Morgan fingerprint density at radius 3 is 2.29 bits per heavy atom. The van der Waals surface area contributed by atoms with Gasteiger partial charge in [0.15, 0.2) is 6.61 Å². The Balaban J connectivity index is 2.16. The molecule has 1 fully saturated rings. The molecule has 1 aromatic rings. The van der Waals surface area contributed by atoms with Gasteiger partial charge in [-0.15, -0.1) is 0 Å². The van der Waals surface area contributed by atoms with Crippen molar-refractivity contribution in [2.75, 3.05) is 6.61 Å². The van der Waals surface area contributed by atoms with Gasteiger partial charge in [-0.3, -0.25) is 15.0 Å². The Kier molecular flexibility index (Phi) is 5.68. The van der Waals surface area contributed by atoms with E-state index in [1.807, 2.05) is 5.06 Å². The smallest absolute Gasteiger partial charge is 0.274 e. The molecule has 0 saturated carbocycles. The highest BCUT2D eigenvalue weighted by Crippen LogP contribution is 2.38. The van der Waals surface area contributed by atoms with Crippen LogP contribution in [-0.2, 0) is 4.84 Å². The predicted molar refractivity (Wildman–Crippen MR) is 96.2 cm³/mol. The van der Waals surface area contributed by atoms with Crippen molar-refractivity contribution in [1.82, 2.24) is 5.06 Å². The number of hydroxylamine groups is 2. The Hall–Kier alpha value is -1.43. The number of hydrogen-bond donors (Lipinski definition) is 0. The minimum atomic E-state index is -0.390. The van der Waals surface area contributed by atoms with Crippen molar-refractivity contribution < 1.29 is 9.76 Å². The maximum Gasteiger partial charge on any atom is 0.274 e. The van der Waals surface area contributed by atoms with Crippen molar-refractivity contribution in [2.45, 2.75) is 58.0 Å². The Labute approximate surface area is 148 Å². The summed E-state index contributed by atoms with van der Waals surface area (Å²) in [6.07, 6.45) is 4.67. The molecule has 0 atom stereocenters. The van der Waals surface area contributed by atoms with E-state index in [2.05, 4.69) is 27.7 Å². The molecule has 0 amide bonds. The van der Waals surface area contributed by atoms with Crippen LogP contribution in [0.4, 0.5) is 0 Å². The number of benzene rings is 1. The SMILES string of the molecule is CC1(C)CCCC(C)(C)N1OC/C(=C/c1ccc(Cl)cc1)[N+](=O)[O-]. The number of hydrogen-bond acceptors (Lipinski definition) is 4. The van der Waals surface area contributed by atoms with E-state index >= 15 is 0 Å². The van der Waals surface area contributed by atoms with Crippen LogP contribution < -0.4 is 0 Å². The fourth-order valence-electron chi connectivity index (χ4n) is 3.35. The highest BCUT2D eigenvalue weighted by molar-refractivity contribution is 6.30. The first-order valence-corrected chi connectivity index (χ1v) is 8.53. The maximum atomic E-state index is 11.4. The van der Waals surface area contributed by atoms with Gasteiger partial charge in [-0.1, -0.05) is 23.7 Å². The number of rotatable bonds is 5. The molecule has 0 spiro atoms. The zero-order valence-electron chi connectivity index (χ0n) is 14.7. The van der Waals surface area contributed by atoms with E-state index in [4.69, 9.17) is 16.4 Å². The number of nitrogens with zero attached hydrogens (tertiary/aromatic N) is 2. The van der Waals surface area contributed by atoms with Crippen LogP contribution in [0, 0.1) is 10.1 Å². The lowest BCUT2D eigenvalue weighted by Gasteiger charge is -2.51. The molecule has 132 valence electrons. The van der Waals surface area contributed by atoms with Crippen LogP contribution in [0.2, 0.25) is 5.02 Å². The zero-order valence-corrected chi connectivity index (χ0v) is 15.5. The highest BCUT2D eigenvalue weighted by Gasteiger charge is 2.42. The molecule has 1 aliphatic heterocycles. The molecule has 6 heteroatoms. The van der Waals surface area contributed by atoms with Crippen LogP contribution in [-0.4, -0.2) is 27.7 Å². The third kappa shape index (κ3) is 4.56. The molecule has 1 aromatic carbocycles. The monoisotopic (exact) mass is 352 g/mol. The second kappa shape index (κ2) is 7.21. The van der Waals surface area contributed by atoms with Gasteiger partial charge in [-0.05, 0) is 64.7 Å². The van der Waals surface area contributed by atoms with Gasteiger partial charge >= 0.3 is 0 Å². The molecule has 5 nitrogen and oxygen atoms in total. The van der Waals surface area contributed by atoms with Gasteiger partial charge < -0.3 is 0 Å². The second-order valence-corrected chi connectivity index (χ2v) is 7.93. The number of halogens is 1. The topological polar surface area (TPSA) is 55.6 Å². The standard InChI is InChI=1S/C18H25ClN2O3/c1-17(2)10-5-11-18(3,4)21(17)24-13-16(20(22)23)12-14-6-8-15(19)9-7-14/h6-9,12H,5,10-11,13H2,1-4H3/b16-12-. The lowest BCUT2D eigenvalue weighted by atomic mass is 9.82. The largest absolute Gasteiger partial charge is 0.287 e. The Morgan fingerprint density at radius 1 is 1.25 bits per heavy atom. The molecule has 0 aliphatic carbocycles. The van der Waals surface area contributed by atoms with Crippen molar-refractivity contribution in [3.05, 3.63) is 50.7 Å². The average Bonchev–Trinajstić information content (AvgIpc) is 2.46. The van der Waals surface area contributed by atoms with Crippen molar-refractivity contribution in [1.29, 1.82) is 0 Å².